The average Bonchev–Trinajstić information content (AvgIpc) is 3.25. The van der Waals surface area contributed by atoms with E-state index in [2.05, 4.69) is 16.0 Å². The van der Waals surface area contributed by atoms with Crippen LogP contribution >= 0.6 is 11.6 Å². The van der Waals surface area contributed by atoms with Crippen molar-refractivity contribution in [2.75, 3.05) is 11.9 Å². The second-order valence-corrected chi connectivity index (χ2v) is 9.02. The third-order valence-corrected chi connectivity index (χ3v) is 5.79. The number of benzene rings is 1. The number of carboxylic acids is 1. The van der Waals surface area contributed by atoms with Crippen LogP contribution in [0.1, 0.15) is 50.4 Å². The van der Waals surface area contributed by atoms with Crippen LogP contribution < -0.4 is 16.0 Å². The second-order valence-electron chi connectivity index (χ2n) is 8.61. The van der Waals surface area contributed by atoms with Gasteiger partial charge in [0.25, 0.3) is 5.91 Å². The van der Waals surface area contributed by atoms with E-state index < -0.39 is 48.2 Å². The van der Waals surface area contributed by atoms with Crippen LogP contribution in [0, 0.1) is 5.92 Å². The largest absolute Gasteiger partial charge is 0.481 e. The molecule has 2 rings (SSSR count). The molecular formula is C23H29ClN4O7. The van der Waals surface area contributed by atoms with Crippen molar-refractivity contribution in [1.82, 2.24) is 15.5 Å². The van der Waals surface area contributed by atoms with Crippen LogP contribution in [-0.2, 0) is 24.0 Å². The van der Waals surface area contributed by atoms with Gasteiger partial charge in [0, 0.05) is 19.2 Å². The van der Waals surface area contributed by atoms with Gasteiger partial charge in [-0.1, -0.05) is 25.4 Å². The molecule has 12 heteroatoms. The number of anilines is 1. The lowest BCUT2D eigenvalue weighted by molar-refractivity contribution is -0.142. The maximum atomic E-state index is 13.3. The molecule has 1 aliphatic heterocycles. The van der Waals surface area contributed by atoms with Crippen LogP contribution in [0.4, 0.5) is 5.69 Å². The average molecular weight is 509 g/mol. The second kappa shape index (κ2) is 12.3. The van der Waals surface area contributed by atoms with Gasteiger partial charge in [-0.15, -0.1) is 0 Å². The van der Waals surface area contributed by atoms with E-state index in [0.717, 1.165) is 0 Å². The highest BCUT2D eigenvalue weighted by molar-refractivity contribution is 6.34. The van der Waals surface area contributed by atoms with Crippen molar-refractivity contribution in [3.8, 4) is 0 Å². The summed E-state index contributed by atoms with van der Waals surface area (Å²) in [5.41, 5.74) is 0.524. The summed E-state index contributed by atoms with van der Waals surface area (Å²) in [6.07, 6.45) is 0.641. The van der Waals surface area contributed by atoms with E-state index in [1.165, 1.54) is 30.0 Å². The molecule has 0 saturated carbocycles. The van der Waals surface area contributed by atoms with Crippen LogP contribution in [0.5, 0.6) is 0 Å². The molecule has 0 spiro atoms. The van der Waals surface area contributed by atoms with Crippen LogP contribution in [0.25, 0.3) is 0 Å². The Morgan fingerprint density at radius 2 is 1.89 bits per heavy atom. The molecule has 4 amide bonds. The van der Waals surface area contributed by atoms with Gasteiger partial charge in [-0.05, 0) is 37.0 Å². The zero-order chi connectivity index (χ0) is 26.3. The van der Waals surface area contributed by atoms with E-state index >= 15 is 0 Å². The Hall–Kier alpha value is -3.47. The number of hydrogen-bond acceptors (Lipinski definition) is 6. The van der Waals surface area contributed by atoms with E-state index in [1.807, 2.05) is 0 Å². The first-order chi connectivity index (χ1) is 16.4. The molecule has 0 bridgehead atoms. The molecule has 3 atom stereocenters. The van der Waals surface area contributed by atoms with E-state index in [0.29, 0.717) is 24.8 Å². The van der Waals surface area contributed by atoms with Crippen molar-refractivity contribution >= 4 is 53.2 Å². The summed E-state index contributed by atoms with van der Waals surface area (Å²) in [5.74, 6) is -3.57. The van der Waals surface area contributed by atoms with Crippen LogP contribution in [0.3, 0.4) is 0 Å². The monoisotopic (exact) mass is 508 g/mol. The number of aldehydes is 1. The van der Waals surface area contributed by atoms with Gasteiger partial charge in [0.15, 0.2) is 0 Å². The number of nitrogens with zero attached hydrogens (tertiary/aromatic N) is 1. The predicted molar refractivity (Wildman–Crippen MR) is 127 cm³/mol. The van der Waals surface area contributed by atoms with Crippen LogP contribution in [-0.4, -0.2) is 70.6 Å². The zero-order valence-electron chi connectivity index (χ0n) is 19.7. The zero-order valence-corrected chi connectivity index (χ0v) is 20.4. The van der Waals surface area contributed by atoms with Gasteiger partial charge in [0.2, 0.25) is 17.7 Å². The molecule has 0 radical (unpaired) electrons. The minimum atomic E-state index is -1.24. The first-order valence-corrected chi connectivity index (χ1v) is 11.5. The smallest absolute Gasteiger partial charge is 0.305 e. The fourth-order valence-corrected chi connectivity index (χ4v) is 4.06. The number of carbonyl (C=O) groups is 6. The maximum absolute atomic E-state index is 13.3. The van der Waals surface area contributed by atoms with Gasteiger partial charge in [-0.25, -0.2) is 0 Å². The van der Waals surface area contributed by atoms with E-state index in [1.54, 1.807) is 13.8 Å². The topological polar surface area (TPSA) is 162 Å². The summed E-state index contributed by atoms with van der Waals surface area (Å²) in [4.78, 5) is 73.5. The third kappa shape index (κ3) is 7.51. The van der Waals surface area contributed by atoms with Crippen LogP contribution in [0.2, 0.25) is 5.02 Å². The highest BCUT2D eigenvalue weighted by Crippen LogP contribution is 2.23. The molecule has 4 N–H and O–H groups in total. The summed E-state index contributed by atoms with van der Waals surface area (Å²) in [5, 5.41) is 16.6. The van der Waals surface area contributed by atoms with E-state index in [9.17, 15) is 28.8 Å². The van der Waals surface area contributed by atoms with E-state index in [4.69, 9.17) is 16.7 Å². The van der Waals surface area contributed by atoms with Crippen molar-refractivity contribution in [3.63, 3.8) is 0 Å². The lowest BCUT2D eigenvalue weighted by Crippen LogP contribution is -2.56. The first kappa shape index (κ1) is 27.8. The fourth-order valence-electron chi connectivity index (χ4n) is 3.79. The van der Waals surface area contributed by atoms with Gasteiger partial charge in [-0.3, -0.25) is 24.0 Å². The standard InChI is InChI=1S/C23H29ClN4O7/c1-12(2)20(27-21(33)16-7-6-14(9-17(16)24)25-13(3)30)23(35)28-8-4-5-18(28)22(34)26-15(11-29)10-19(31)32/h6-7,9,11-12,15,18,20H,4-5,8,10H2,1-3H3,(H,25,30)(H,26,34)(H,27,33)(H,31,32)/t15-,18-,20-/m0/s1. The minimum absolute atomic E-state index is 0.0838. The third-order valence-electron chi connectivity index (χ3n) is 5.48. The number of rotatable bonds is 10. The predicted octanol–water partition coefficient (Wildman–Crippen LogP) is 1.20. The molecule has 0 unspecified atom stereocenters. The molecule has 35 heavy (non-hydrogen) atoms. The number of halogens is 1. The summed E-state index contributed by atoms with van der Waals surface area (Å²) in [6.45, 7) is 5.09. The van der Waals surface area contributed by atoms with Gasteiger partial charge in [0.1, 0.15) is 18.4 Å². The summed E-state index contributed by atoms with van der Waals surface area (Å²) < 4.78 is 0. The van der Waals surface area contributed by atoms with Crippen molar-refractivity contribution in [2.45, 2.75) is 58.2 Å². The number of carboxylic acid groups (broad SMARTS) is 1. The Kier molecular flexibility index (Phi) is 9.76. The normalized spacial score (nSPS) is 16.8. The molecule has 1 aromatic rings. The Bertz CT molecular complexity index is 1010. The highest BCUT2D eigenvalue weighted by atomic mass is 35.5. The maximum Gasteiger partial charge on any atom is 0.305 e. The van der Waals surface area contributed by atoms with Gasteiger partial charge in [0.05, 0.1) is 23.0 Å². The van der Waals surface area contributed by atoms with Crippen molar-refractivity contribution in [2.24, 2.45) is 5.92 Å². The minimum Gasteiger partial charge on any atom is -0.481 e. The van der Waals surface area contributed by atoms with Gasteiger partial charge >= 0.3 is 5.97 Å². The SMILES string of the molecule is CC(=O)Nc1ccc(C(=O)N[C@H](C(=O)N2CCC[C@H]2C(=O)N[C@H](C=O)CC(=O)O)C(C)C)c(Cl)c1. The lowest BCUT2D eigenvalue weighted by Gasteiger charge is -2.31. The van der Waals surface area contributed by atoms with Crippen molar-refractivity contribution in [3.05, 3.63) is 28.8 Å². The lowest BCUT2D eigenvalue weighted by atomic mass is 10.0. The quantitative estimate of drug-likeness (QED) is 0.345. The van der Waals surface area contributed by atoms with Gasteiger partial charge < -0.3 is 30.8 Å². The number of likely N-dealkylation sites (tertiary alicyclic amines) is 1. The Labute approximate surface area is 207 Å². The molecular weight excluding hydrogens is 480 g/mol. The summed E-state index contributed by atoms with van der Waals surface area (Å²) in [7, 11) is 0. The fraction of sp³-hybridized carbons (Fsp3) is 0.478. The van der Waals surface area contributed by atoms with Crippen LogP contribution in [0.15, 0.2) is 18.2 Å². The molecule has 1 saturated heterocycles. The molecule has 11 nitrogen and oxygen atoms in total. The van der Waals surface area contributed by atoms with Crippen molar-refractivity contribution in [1.29, 1.82) is 0 Å². The summed E-state index contributed by atoms with van der Waals surface area (Å²) >= 11 is 6.21. The molecule has 1 aromatic carbocycles. The molecule has 190 valence electrons. The number of nitrogens with one attached hydrogen (secondary N) is 3. The molecule has 1 heterocycles. The Balaban J connectivity index is 2.15. The Morgan fingerprint density at radius 1 is 1.20 bits per heavy atom. The number of aliphatic carboxylic acids is 1. The van der Waals surface area contributed by atoms with Crippen molar-refractivity contribution < 1.29 is 33.9 Å². The number of hydrogen-bond donors (Lipinski definition) is 4. The Morgan fingerprint density at radius 3 is 2.43 bits per heavy atom. The summed E-state index contributed by atoms with van der Waals surface area (Å²) in [6, 6.07) is 1.29. The number of amides is 4. The molecule has 0 aromatic heterocycles. The van der Waals surface area contributed by atoms with E-state index in [-0.39, 0.29) is 29.0 Å². The number of carbonyl (C=O) groups excluding carboxylic acids is 5. The van der Waals surface area contributed by atoms with Gasteiger partial charge in [-0.2, -0.15) is 0 Å². The highest BCUT2D eigenvalue weighted by Gasteiger charge is 2.39. The molecule has 0 aliphatic carbocycles. The first-order valence-electron chi connectivity index (χ1n) is 11.1. The molecule has 1 aliphatic rings. The molecule has 1 fully saturated rings.